The van der Waals surface area contributed by atoms with E-state index >= 15 is 0 Å². The molecule has 0 aliphatic carbocycles. The maximum absolute atomic E-state index is 6.25. The Hall–Kier alpha value is -1.20. The van der Waals surface area contributed by atoms with Crippen LogP contribution in [-0.4, -0.2) is 53.6 Å². The molecule has 2 rings (SSSR count). The topological polar surface area (TPSA) is 58.3 Å². The lowest BCUT2D eigenvalue weighted by Gasteiger charge is -2.38. The Morgan fingerprint density at radius 3 is 2.26 bits per heavy atom. The third-order valence-electron chi connectivity index (χ3n) is 3.77. The predicted octanol–water partition coefficient (Wildman–Crippen LogP) is 0.972. The predicted molar refractivity (Wildman–Crippen MR) is 78.1 cm³/mol. The van der Waals surface area contributed by atoms with Gasteiger partial charge in [-0.2, -0.15) is 0 Å². The van der Waals surface area contributed by atoms with Gasteiger partial charge in [-0.25, -0.2) is 9.97 Å². The van der Waals surface area contributed by atoms with E-state index in [9.17, 15) is 0 Å². The molecule has 1 atom stereocenters. The van der Waals surface area contributed by atoms with Crippen LogP contribution < -0.4 is 10.6 Å². The van der Waals surface area contributed by atoms with Crippen molar-refractivity contribution in [2.45, 2.75) is 26.8 Å². The van der Waals surface area contributed by atoms with E-state index < -0.39 is 0 Å². The quantitative estimate of drug-likeness (QED) is 0.880. The second-order valence-corrected chi connectivity index (χ2v) is 6.31. The minimum Gasteiger partial charge on any atom is -0.338 e. The highest BCUT2D eigenvalue weighted by molar-refractivity contribution is 5.29. The maximum atomic E-state index is 6.25. The van der Waals surface area contributed by atoms with Crippen LogP contribution in [0.25, 0.3) is 0 Å². The molecule has 5 heteroatoms. The van der Waals surface area contributed by atoms with Gasteiger partial charge in [0.25, 0.3) is 0 Å². The van der Waals surface area contributed by atoms with Gasteiger partial charge >= 0.3 is 0 Å². The summed E-state index contributed by atoms with van der Waals surface area (Å²) in [7, 11) is 0. The monoisotopic (exact) mass is 263 g/mol. The lowest BCUT2D eigenvalue weighted by molar-refractivity contribution is 0.190. The first-order chi connectivity index (χ1) is 8.97. The summed E-state index contributed by atoms with van der Waals surface area (Å²) >= 11 is 0. The third-order valence-corrected chi connectivity index (χ3v) is 3.77. The molecule has 0 saturated carbocycles. The first kappa shape index (κ1) is 14.2. The molecule has 1 unspecified atom stereocenters. The van der Waals surface area contributed by atoms with E-state index in [4.69, 9.17) is 5.73 Å². The van der Waals surface area contributed by atoms with Gasteiger partial charge in [0.2, 0.25) is 5.95 Å². The highest BCUT2D eigenvalue weighted by atomic mass is 15.3. The average molecular weight is 263 g/mol. The zero-order valence-corrected chi connectivity index (χ0v) is 12.2. The molecule has 19 heavy (non-hydrogen) atoms. The summed E-state index contributed by atoms with van der Waals surface area (Å²) in [6.07, 6.45) is 3.59. The fraction of sp³-hybridized carbons (Fsp3) is 0.714. The SMILES string of the molecule is CC(C)(C)C(N)CN1CCN(c2ncccn2)CC1. The van der Waals surface area contributed by atoms with Crippen LogP contribution in [0.4, 0.5) is 5.95 Å². The smallest absolute Gasteiger partial charge is 0.225 e. The summed E-state index contributed by atoms with van der Waals surface area (Å²) in [6.45, 7) is 11.6. The van der Waals surface area contributed by atoms with E-state index in [2.05, 4.69) is 40.5 Å². The lowest BCUT2D eigenvalue weighted by Crippen LogP contribution is -2.52. The van der Waals surface area contributed by atoms with E-state index in [0.29, 0.717) is 0 Å². The summed E-state index contributed by atoms with van der Waals surface area (Å²) in [5.41, 5.74) is 6.41. The molecule has 1 saturated heterocycles. The Balaban J connectivity index is 1.83. The summed E-state index contributed by atoms with van der Waals surface area (Å²) in [4.78, 5) is 13.3. The van der Waals surface area contributed by atoms with Crippen LogP contribution >= 0.6 is 0 Å². The summed E-state index contributed by atoms with van der Waals surface area (Å²) in [6, 6.07) is 2.06. The van der Waals surface area contributed by atoms with Crippen LogP contribution in [0, 0.1) is 5.41 Å². The van der Waals surface area contributed by atoms with Crippen molar-refractivity contribution in [3.05, 3.63) is 18.5 Å². The van der Waals surface area contributed by atoms with Gasteiger partial charge in [0, 0.05) is 51.2 Å². The molecule has 0 radical (unpaired) electrons. The van der Waals surface area contributed by atoms with Gasteiger partial charge in [-0.3, -0.25) is 4.90 Å². The summed E-state index contributed by atoms with van der Waals surface area (Å²) in [5, 5.41) is 0. The Morgan fingerprint density at radius 2 is 1.74 bits per heavy atom. The zero-order chi connectivity index (χ0) is 13.9. The molecule has 5 nitrogen and oxygen atoms in total. The standard InChI is InChI=1S/C14H25N5/c1-14(2,3)12(15)11-18-7-9-19(10-8-18)13-16-5-4-6-17-13/h4-6,12H,7-11,15H2,1-3H3. The average Bonchev–Trinajstić information content (AvgIpc) is 2.39. The minimum atomic E-state index is 0.166. The Labute approximate surface area is 115 Å². The first-order valence-corrected chi connectivity index (χ1v) is 6.97. The zero-order valence-electron chi connectivity index (χ0n) is 12.2. The van der Waals surface area contributed by atoms with Crippen molar-refractivity contribution >= 4 is 5.95 Å². The second-order valence-electron chi connectivity index (χ2n) is 6.31. The van der Waals surface area contributed by atoms with E-state index in [1.54, 1.807) is 12.4 Å². The van der Waals surface area contributed by atoms with Crippen LogP contribution in [0.3, 0.4) is 0 Å². The molecule has 2 N–H and O–H groups in total. The Kier molecular flexibility index (Phi) is 4.37. The van der Waals surface area contributed by atoms with Crippen LogP contribution in [0.15, 0.2) is 18.5 Å². The minimum absolute atomic E-state index is 0.166. The fourth-order valence-corrected chi connectivity index (χ4v) is 2.14. The van der Waals surface area contributed by atoms with E-state index in [-0.39, 0.29) is 11.5 Å². The van der Waals surface area contributed by atoms with Crippen LogP contribution in [0.2, 0.25) is 0 Å². The fourth-order valence-electron chi connectivity index (χ4n) is 2.14. The van der Waals surface area contributed by atoms with Crippen molar-refractivity contribution < 1.29 is 0 Å². The van der Waals surface area contributed by atoms with E-state index in [0.717, 1.165) is 38.7 Å². The number of rotatable bonds is 3. The molecule has 1 aliphatic heterocycles. The molecule has 1 fully saturated rings. The highest BCUT2D eigenvalue weighted by Gasteiger charge is 2.25. The van der Waals surface area contributed by atoms with Crippen molar-refractivity contribution in [1.82, 2.24) is 14.9 Å². The van der Waals surface area contributed by atoms with Gasteiger partial charge in [0.15, 0.2) is 0 Å². The van der Waals surface area contributed by atoms with E-state index in [1.165, 1.54) is 0 Å². The first-order valence-electron chi connectivity index (χ1n) is 6.97. The molecule has 1 aromatic heterocycles. The molecule has 0 bridgehead atoms. The molecule has 1 aromatic rings. The molecule has 0 aromatic carbocycles. The molecule has 0 spiro atoms. The largest absolute Gasteiger partial charge is 0.338 e. The second kappa shape index (κ2) is 5.84. The number of aromatic nitrogens is 2. The van der Waals surface area contributed by atoms with Crippen LogP contribution in [0.1, 0.15) is 20.8 Å². The molecule has 1 aliphatic rings. The molecule has 106 valence electrons. The van der Waals surface area contributed by atoms with Gasteiger partial charge in [-0.1, -0.05) is 20.8 Å². The third kappa shape index (κ3) is 3.88. The highest BCUT2D eigenvalue weighted by Crippen LogP contribution is 2.19. The number of nitrogens with two attached hydrogens (primary N) is 1. The van der Waals surface area contributed by atoms with Gasteiger partial charge in [-0.05, 0) is 11.5 Å². The number of nitrogens with zero attached hydrogens (tertiary/aromatic N) is 4. The van der Waals surface area contributed by atoms with Crippen molar-refractivity contribution in [3.8, 4) is 0 Å². The van der Waals surface area contributed by atoms with E-state index in [1.807, 2.05) is 6.07 Å². The number of piperazine rings is 1. The molecule has 2 heterocycles. The van der Waals surface area contributed by atoms with Crippen molar-refractivity contribution in [2.24, 2.45) is 11.1 Å². The van der Waals surface area contributed by atoms with Gasteiger partial charge in [0.05, 0.1) is 0 Å². The van der Waals surface area contributed by atoms with Crippen LogP contribution in [0.5, 0.6) is 0 Å². The Bertz CT molecular complexity index is 379. The summed E-state index contributed by atoms with van der Waals surface area (Å²) < 4.78 is 0. The van der Waals surface area contributed by atoms with Crippen molar-refractivity contribution in [3.63, 3.8) is 0 Å². The Morgan fingerprint density at radius 1 is 1.16 bits per heavy atom. The number of hydrogen-bond acceptors (Lipinski definition) is 5. The van der Waals surface area contributed by atoms with Gasteiger partial charge < -0.3 is 10.6 Å². The van der Waals surface area contributed by atoms with Crippen molar-refractivity contribution in [2.75, 3.05) is 37.6 Å². The van der Waals surface area contributed by atoms with Gasteiger partial charge in [-0.15, -0.1) is 0 Å². The number of anilines is 1. The van der Waals surface area contributed by atoms with Crippen LogP contribution in [-0.2, 0) is 0 Å². The molecule has 0 amide bonds. The summed E-state index contributed by atoms with van der Waals surface area (Å²) in [5.74, 6) is 0.835. The molecular formula is C14H25N5. The van der Waals surface area contributed by atoms with Crippen molar-refractivity contribution in [1.29, 1.82) is 0 Å². The number of hydrogen-bond donors (Lipinski definition) is 1. The van der Waals surface area contributed by atoms with Gasteiger partial charge in [0.1, 0.15) is 0 Å². The lowest BCUT2D eigenvalue weighted by atomic mass is 9.87. The normalized spacial score (nSPS) is 19.5. The molecular weight excluding hydrogens is 238 g/mol. The maximum Gasteiger partial charge on any atom is 0.225 e.